The van der Waals surface area contributed by atoms with E-state index in [2.05, 4.69) is 15.5 Å². The van der Waals surface area contributed by atoms with Gasteiger partial charge in [0.15, 0.2) is 5.82 Å². The first-order chi connectivity index (χ1) is 8.17. The summed E-state index contributed by atoms with van der Waals surface area (Å²) < 4.78 is 30.8. The average molecular weight is 239 g/mol. The third-order valence-corrected chi connectivity index (χ3v) is 2.08. The molecule has 0 amide bonds. The number of anilines is 1. The van der Waals surface area contributed by atoms with Gasteiger partial charge in [0.1, 0.15) is 11.6 Å². The van der Waals surface area contributed by atoms with Crippen molar-refractivity contribution in [2.24, 2.45) is 0 Å². The Kier molecular flexibility index (Phi) is 3.32. The van der Waals surface area contributed by atoms with Crippen molar-refractivity contribution in [3.63, 3.8) is 0 Å². The molecular weight excluding hydrogens is 228 g/mol. The van der Waals surface area contributed by atoms with Crippen molar-refractivity contribution in [2.45, 2.75) is 13.3 Å². The highest BCUT2D eigenvalue weighted by Gasteiger charge is 2.08. The number of benzene rings is 1. The molecule has 4 nitrogen and oxygen atoms in total. The Hall–Kier alpha value is -1.98. The molecule has 0 fully saturated rings. The zero-order valence-electron chi connectivity index (χ0n) is 9.20. The van der Waals surface area contributed by atoms with Gasteiger partial charge >= 0.3 is 6.01 Å². The highest BCUT2D eigenvalue weighted by Crippen LogP contribution is 2.12. The molecule has 2 rings (SSSR count). The third kappa shape index (κ3) is 2.99. The summed E-state index contributed by atoms with van der Waals surface area (Å²) in [6.07, 6.45) is 0.226. The fourth-order valence-corrected chi connectivity index (χ4v) is 1.44. The highest BCUT2D eigenvalue weighted by molar-refractivity contribution is 5.23. The topological polar surface area (TPSA) is 51.0 Å². The molecule has 2 aromatic rings. The van der Waals surface area contributed by atoms with Crippen LogP contribution in [-0.2, 0) is 6.42 Å². The van der Waals surface area contributed by atoms with E-state index in [0.29, 0.717) is 23.9 Å². The van der Waals surface area contributed by atoms with Gasteiger partial charge in [0.05, 0.1) is 0 Å². The smallest absolute Gasteiger partial charge is 0.321 e. The van der Waals surface area contributed by atoms with Crippen molar-refractivity contribution in [3.8, 4) is 0 Å². The van der Waals surface area contributed by atoms with Crippen LogP contribution in [0.5, 0.6) is 0 Å². The number of hydrogen-bond donors (Lipinski definition) is 1. The van der Waals surface area contributed by atoms with E-state index in [0.717, 1.165) is 6.07 Å². The molecule has 1 heterocycles. The number of aromatic nitrogens is 2. The van der Waals surface area contributed by atoms with E-state index in [1.54, 1.807) is 0 Å². The number of rotatable bonds is 4. The molecule has 0 spiro atoms. The lowest BCUT2D eigenvalue weighted by atomic mass is 10.1. The summed E-state index contributed by atoms with van der Waals surface area (Å²) >= 11 is 0. The molecule has 17 heavy (non-hydrogen) atoms. The molecular formula is C11H11F2N3O. The van der Waals surface area contributed by atoms with Gasteiger partial charge in [-0.3, -0.25) is 0 Å². The average Bonchev–Trinajstić information content (AvgIpc) is 2.64. The second-order valence-electron chi connectivity index (χ2n) is 3.50. The van der Waals surface area contributed by atoms with Gasteiger partial charge < -0.3 is 9.84 Å². The third-order valence-electron chi connectivity index (χ3n) is 2.08. The monoisotopic (exact) mass is 239 g/mol. The number of nitrogens with zero attached hydrogens (tertiary/aromatic N) is 2. The maximum absolute atomic E-state index is 12.9. The van der Waals surface area contributed by atoms with E-state index < -0.39 is 11.6 Å². The van der Waals surface area contributed by atoms with Gasteiger partial charge in [-0.2, -0.15) is 4.98 Å². The van der Waals surface area contributed by atoms with Gasteiger partial charge in [0.25, 0.3) is 0 Å². The SMILES string of the molecule is CCNc1nc(Cc2cc(F)cc(F)c2)no1. The van der Waals surface area contributed by atoms with E-state index in [1.165, 1.54) is 12.1 Å². The van der Waals surface area contributed by atoms with Crippen LogP contribution in [0.1, 0.15) is 18.3 Å². The molecule has 90 valence electrons. The van der Waals surface area contributed by atoms with Crippen LogP contribution in [-0.4, -0.2) is 16.7 Å². The van der Waals surface area contributed by atoms with Crippen molar-refractivity contribution in [1.82, 2.24) is 10.1 Å². The minimum Gasteiger partial charge on any atom is -0.338 e. The molecule has 1 aromatic heterocycles. The predicted octanol–water partition coefficient (Wildman–Crippen LogP) is 2.37. The van der Waals surface area contributed by atoms with Crippen molar-refractivity contribution < 1.29 is 13.3 Å². The van der Waals surface area contributed by atoms with Crippen LogP contribution in [0.25, 0.3) is 0 Å². The second kappa shape index (κ2) is 4.90. The predicted molar refractivity (Wildman–Crippen MR) is 57.6 cm³/mol. The summed E-state index contributed by atoms with van der Waals surface area (Å²) in [5.41, 5.74) is 0.464. The van der Waals surface area contributed by atoms with E-state index >= 15 is 0 Å². The van der Waals surface area contributed by atoms with E-state index in [-0.39, 0.29) is 6.42 Å². The fourth-order valence-electron chi connectivity index (χ4n) is 1.44. The molecule has 0 radical (unpaired) electrons. The maximum atomic E-state index is 12.9. The van der Waals surface area contributed by atoms with E-state index in [4.69, 9.17) is 4.52 Å². The molecule has 6 heteroatoms. The molecule has 0 bridgehead atoms. The van der Waals surface area contributed by atoms with Gasteiger partial charge in [-0.25, -0.2) is 8.78 Å². The fraction of sp³-hybridized carbons (Fsp3) is 0.273. The van der Waals surface area contributed by atoms with Crippen molar-refractivity contribution in [1.29, 1.82) is 0 Å². The Morgan fingerprint density at radius 2 is 1.94 bits per heavy atom. The van der Waals surface area contributed by atoms with Crippen LogP contribution in [0.2, 0.25) is 0 Å². The first-order valence-corrected chi connectivity index (χ1v) is 5.19. The Morgan fingerprint density at radius 3 is 2.59 bits per heavy atom. The zero-order chi connectivity index (χ0) is 12.3. The molecule has 1 N–H and O–H groups in total. The van der Waals surface area contributed by atoms with Crippen molar-refractivity contribution in [3.05, 3.63) is 41.2 Å². The first kappa shape index (κ1) is 11.5. The Morgan fingerprint density at radius 1 is 1.24 bits per heavy atom. The summed E-state index contributed by atoms with van der Waals surface area (Å²) in [6, 6.07) is 3.61. The van der Waals surface area contributed by atoms with Crippen LogP contribution >= 0.6 is 0 Å². The van der Waals surface area contributed by atoms with Crippen molar-refractivity contribution >= 4 is 6.01 Å². The lowest BCUT2D eigenvalue weighted by molar-refractivity contribution is 0.424. The van der Waals surface area contributed by atoms with Crippen LogP contribution in [0.3, 0.4) is 0 Å². The molecule has 0 saturated carbocycles. The Bertz CT molecular complexity index is 493. The van der Waals surface area contributed by atoms with Crippen LogP contribution in [0.4, 0.5) is 14.8 Å². The zero-order valence-corrected chi connectivity index (χ0v) is 9.20. The second-order valence-corrected chi connectivity index (χ2v) is 3.50. The number of halogens is 2. The lowest BCUT2D eigenvalue weighted by Gasteiger charge is -1.97. The quantitative estimate of drug-likeness (QED) is 0.889. The van der Waals surface area contributed by atoms with Crippen molar-refractivity contribution in [2.75, 3.05) is 11.9 Å². The molecule has 0 atom stereocenters. The molecule has 0 aliphatic rings. The highest BCUT2D eigenvalue weighted by atomic mass is 19.1. The Balaban J connectivity index is 2.13. The summed E-state index contributed by atoms with van der Waals surface area (Å²) in [4.78, 5) is 4.02. The Labute approximate surface area is 96.6 Å². The summed E-state index contributed by atoms with van der Waals surface area (Å²) in [6.45, 7) is 2.56. The standard InChI is InChI=1S/C11H11F2N3O/c1-2-14-11-15-10(16-17-11)5-7-3-8(12)6-9(13)4-7/h3-4,6H,2,5H2,1H3,(H,14,15,16). The molecule has 0 aliphatic heterocycles. The summed E-state index contributed by atoms with van der Waals surface area (Å²) in [5, 5.41) is 6.54. The largest absolute Gasteiger partial charge is 0.338 e. The molecule has 0 saturated heterocycles. The number of hydrogen-bond acceptors (Lipinski definition) is 4. The maximum Gasteiger partial charge on any atom is 0.321 e. The van der Waals surface area contributed by atoms with Gasteiger partial charge in [-0.15, -0.1) is 0 Å². The minimum atomic E-state index is -0.615. The van der Waals surface area contributed by atoms with Crippen LogP contribution < -0.4 is 5.32 Å². The van der Waals surface area contributed by atoms with Gasteiger partial charge in [-0.05, 0) is 24.6 Å². The molecule has 0 unspecified atom stereocenters. The van der Waals surface area contributed by atoms with Gasteiger partial charge in [-0.1, -0.05) is 5.16 Å². The van der Waals surface area contributed by atoms with E-state index in [1.807, 2.05) is 6.92 Å². The van der Waals surface area contributed by atoms with Gasteiger partial charge in [0.2, 0.25) is 0 Å². The molecule has 1 aromatic carbocycles. The summed E-state index contributed by atoms with van der Waals surface area (Å²) in [5.74, 6) is -0.850. The van der Waals surface area contributed by atoms with Crippen LogP contribution in [0, 0.1) is 11.6 Å². The van der Waals surface area contributed by atoms with Crippen LogP contribution in [0.15, 0.2) is 22.7 Å². The minimum absolute atomic E-state index is 0.226. The normalized spacial score (nSPS) is 10.5. The summed E-state index contributed by atoms with van der Waals surface area (Å²) in [7, 11) is 0. The lowest BCUT2D eigenvalue weighted by Crippen LogP contribution is -1.97. The van der Waals surface area contributed by atoms with Gasteiger partial charge in [0, 0.05) is 19.0 Å². The number of nitrogens with one attached hydrogen (secondary N) is 1. The van der Waals surface area contributed by atoms with E-state index in [9.17, 15) is 8.78 Å². The first-order valence-electron chi connectivity index (χ1n) is 5.19. The molecule has 0 aliphatic carbocycles.